The van der Waals surface area contributed by atoms with Gasteiger partial charge in [-0.2, -0.15) is 0 Å². The van der Waals surface area contributed by atoms with E-state index in [9.17, 15) is 0 Å². The molecule has 0 aliphatic rings. The molecule has 0 bridgehead atoms. The Hall–Kier alpha value is -1.69. The lowest BCUT2D eigenvalue weighted by molar-refractivity contribution is 0.480. The molecule has 3 rings (SSSR count). The highest BCUT2D eigenvalue weighted by Crippen LogP contribution is 2.30. The van der Waals surface area contributed by atoms with Crippen LogP contribution in [0.3, 0.4) is 0 Å². The van der Waals surface area contributed by atoms with Crippen LogP contribution in [-0.2, 0) is 0 Å². The highest BCUT2D eigenvalue weighted by atomic mass is 32.1. The van der Waals surface area contributed by atoms with Crippen LogP contribution in [0.1, 0.15) is 22.2 Å². The molecular formula is C13H13N3OS. The van der Waals surface area contributed by atoms with Crippen LogP contribution in [0.15, 0.2) is 40.4 Å². The number of aromatic nitrogens is 1. The van der Waals surface area contributed by atoms with Gasteiger partial charge in [-0.15, -0.1) is 11.3 Å². The number of benzene rings is 1. The fourth-order valence-corrected chi connectivity index (χ4v) is 2.73. The Morgan fingerprint density at radius 2 is 2.33 bits per heavy atom. The SMILES string of the molecule is Cc1cccc2cc(C(NN)c3cncs3)oc12. The minimum atomic E-state index is -0.149. The Balaban J connectivity index is 2.11. The predicted molar refractivity (Wildman–Crippen MR) is 72.2 cm³/mol. The predicted octanol–water partition coefficient (Wildman–Crippen LogP) is 2.75. The van der Waals surface area contributed by atoms with Gasteiger partial charge in [0, 0.05) is 11.6 Å². The lowest BCUT2D eigenvalue weighted by Gasteiger charge is -2.09. The van der Waals surface area contributed by atoms with E-state index in [0.717, 1.165) is 27.2 Å². The number of rotatable bonds is 3. The van der Waals surface area contributed by atoms with Gasteiger partial charge in [0.05, 0.1) is 10.4 Å². The summed E-state index contributed by atoms with van der Waals surface area (Å²) in [6.45, 7) is 2.03. The van der Waals surface area contributed by atoms with Crippen molar-refractivity contribution >= 4 is 22.3 Å². The third kappa shape index (κ3) is 1.82. The molecule has 0 spiro atoms. The highest BCUT2D eigenvalue weighted by molar-refractivity contribution is 7.09. The average molecular weight is 259 g/mol. The van der Waals surface area contributed by atoms with Gasteiger partial charge < -0.3 is 4.42 Å². The molecule has 0 saturated carbocycles. The van der Waals surface area contributed by atoms with Gasteiger partial charge in [0.2, 0.25) is 0 Å². The van der Waals surface area contributed by atoms with Crippen LogP contribution in [0, 0.1) is 6.92 Å². The van der Waals surface area contributed by atoms with E-state index < -0.39 is 0 Å². The Morgan fingerprint density at radius 1 is 1.44 bits per heavy atom. The number of aryl methyl sites for hydroxylation is 1. The Morgan fingerprint density at radius 3 is 3.00 bits per heavy atom. The molecule has 3 aromatic rings. The highest BCUT2D eigenvalue weighted by Gasteiger charge is 2.19. The minimum absolute atomic E-state index is 0.149. The van der Waals surface area contributed by atoms with E-state index in [1.54, 1.807) is 23.0 Å². The van der Waals surface area contributed by atoms with E-state index in [0.29, 0.717) is 0 Å². The van der Waals surface area contributed by atoms with E-state index in [1.807, 2.05) is 31.2 Å². The zero-order valence-corrected chi connectivity index (χ0v) is 10.7. The second-order valence-corrected chi connectivity index (χ2v) is 5.06. The molecule has 0 saturated heterocycles. The van der Waals surface area contributed by atoms with E-state index in [-0.39, 0.29) is 6.04 Å². The molecule has 0 aliphatic carbocycles. The van der Waals surface area contributed by atoms with Crippen LogP contribution in [0.4, 0.5) is 0 Å². The van der Waals surface area contributed by atoms with Crippen molar-refractivity contribution < 1.29 is 4.42 Å². The Labute approximate surface area is 108 Å². The second kappa shape index (κ2) is 4.53. The van der Waals surface area contributed by atoms with Crippen molar-refractivity contribution in [3.8, 4) is 0 Å². The van der Waals surface area contributed by atoms with E-state index in [1.165, 1.54) is 0 Å². The Kier molecular flexibility index (Phi) is 2.87. The number of nitrogens with one attached hydrogen (secondary N) is 1. The van der Waals surface area contributed by atoms with Crippen molar-refractivity contribution in [1.29, 1.82) is 0 Å². The van der Waals surface area contributed by atoms with Crippen molar-refractivity contribution in [2.45, 2.75) is 13.0 Å². The molecule has 1 aromatic carbocycles. The van der Waals surface area contributed by atoms with Crippen LogP contribution in [0.5, 0.6) is 0 Å². The molecule has 0 aliphatic heterocycles. The van der Waals surface area contributed by atoms with Gasteiger partial charge >= 0.3 is 0 Å². The number of fused-ring (bicyclic) bond motifs is 1. The third-order valence-corrected chi connectivity index (χ3v) is 3.79. The number of nitrogens with two attached hydrogens (primary N) is 1. The molecule has 0 radical (unpaired) electrons. The van der Waals surface area contributed by atoms with E-state index in [2.05, 4.69) is 10.4 Å². The van der Waals surface area contributed by atoms with Gasteiger partial charge in [0.25, 0.3) is 0 Å². The first-order valence-corrected chi connectivity index (χ1v) is 6.51. The number of furan rings is 1. The fraction of sp³-hybridized carbons (Fsp3) is 0.154. The normalized spacial score (nSPS) is 13.0. The zero-order valence-electron chi connectivity index (χ0n) is 9.88. The topological polar surface area (TPSA) is 64.1 Å². The summed E-state index contributed by atoms with van der Waals surface area (Å²) >= 11 is 1.55. The summed E-state index contributed by atoms with van der Waals surface area (Å²) in [5.74, 6) is 6.44. The van der Waals surface area contributed by atoms with Gasteiger partial charge in [-0.3, -0.25) is 10.8 Å². The van der Waals surface area contributed by atoms with Gasteiger partial charge in [-0.25, -0.2) is 5.43 Å². The Bertz CT molecular complexity index is 660. The molecule has 0 fully saturated rings. The lowest BCUT2D eigenvalue weighted by Crippen LogP contribution is -2.27. The number of hydrogen-bond acceptors (Lipinski definition) is 5. The quantitative estimate of drug-likeness (QED) is 0.561. The molecule has 1 atom stereocenters. The number of thiazole rings is 1. The molecule has 92 valence electrons. The van der Waals surface area contributed by atoms with Gasteiger partial charge in [-0.05, 0) is 18.6 Å². The first kappa shape index (κ1) is 11.4. The first-order chi connectivity index (χ1) is 8.79. The summed E-state index contributed by atoms with van der Waals surface area (Å²) in [5.41, 5.74) is 6.60. The monoisotopic (exact) mass is 259 g/mol. The maximum atomic E-state index is 5.91. The fourth-order valence-electron chi connectivity index (χ4n) is 2.04. The molecule has 2 aromatic heterocycles. The standard InChI is InChI=1S/C13H13N3OS/c1-8-3-2-4-9-5-10(17-13(8)9)12(16-14)11-6-15-7-18-11/h2-7,12,16H,14H2,1H3. The summed E-state index contributed by atoms with van der Waals surface area (Å²) in [4.78, 5) is 5.11. The number of hydrogen-bond donors (Lipinski definition) is 2. The summed E-state index contributed by atoms with van der Waals surface area (Å²) in [5, 5.41) is 1.09. The summed E-state index contributed by atoms with van der Waals surface area (Å²) in [7, 11) is 0. The summed E-state index contributed by atoms with van der Waals surface area (Å²) in [6.07, 6.45) is 1.80. The lowest BCUT2D eigenvalue weighted by atomic mass is 10.1. The molecule has 4 nitrogen and oxygen atoms in total. The molecular weight excluding hydrogens is 246 g/mol. The second-order valence-electron chi connectivity index (χ2n) is 4.15. The molecule has 5 heteroatoms. The average Bonchev–Trinajstić information content (AvgIpc) is 3.00. The maximum Gasteiger partial charge on any atom is 0.137 e. The first-order valence-electron chi connectivity index (χ1n) is 5.63. The number of para-hydroxylation sites is 1. The molecule has 3 N–H and O–H groups in total. The van der Waals surface area contributed by atoms with E-state index >= 15 is 0 Å². The van der Waals surface area contributed by atoms with E-state index in [4.69, 9.17) is 10.3 Å². The van der Waals surface area contributed by atoms with Crippen LogP contribution in [0.2, 0.25) is 0 Å². The molecule has 18 heavy (non-hydrogen) atoms. The van der Waals surface area contributed by atoms with Crippen molar-refractivity contribution in [3.63, 3.8) is 0 Å². The van der Waals surface area contributed by atoms with Gasteiger partial charge in [-0.1, -0.05) is 18.2 Å². The van der Waals surface area contributed by atoms with Crippen LogP contribution in [0.25, 0.3) is 11.0 Å². The smallest absolute Gasteiger partial charge is 0.137 e. The van der Waals surface area contributed by atoms with Gasteiger partial charge in [0.1, 0.15) is 17.4 Å². The summed E-state index contributed by atoms with van der Waals surface area (Å²) < 4.78 is 5.91. The van der Waals surface area contributed by atoms with Crippen LogP contribution < -0.4 is 11.3 Å². The van der Waals surface area contributed by atoms with Crippen molar-refractivity contribution in [1.82, 2.24) is 10.4 Å². The van der Waals surface area contributed by atoms with Crippen LogP contribution >= 0.6 is 11.3 Å². The van der Waals surface area contributed by atoms with Gasteiger partial charge in [0.15, 0.2) is 0 Å². The molecule has 0 amide bonds. The van der Waals surface area contributed by atoms with Crippen molar-refractivity contribution in [2.75, 3.05) is 0 Å². The van der Waals surface area contributed by atoms with Crippen molar-refractivity contribution in [3.05, 3.63) is 52.2 Å². The third-order valence-electron chi connectivity index (χ3n) is 2.95. The number of nitrogens with zero attached hydrogens (tertiary/aromatic N) is 1. The van der Waals surface area contributed by atoms with Crippen molar-refractivity contribution in [2.24, 2.45) is 5.84 Å². The largest absolute Gasteiger partial charge is 0.459 e. The minimum Gasteiger partial charge on any atom is -0.459 e. The molecule has 2 heterocycles. The maximum absolute atomic E-state index is 5.91. The van der Waals surface area contributed by atoms with Crippen LogP contribution in [-0.4, -0.2) is 4.98 Å². The zero-order chi connectivity index (χ0) is 12.5. The summed E-state index contributed by atoms with van der Waals surface area (Å²) in [6, 6.07) is 7.97. The molecule has 1 unspecified atom stereocenters. The number of hydrazine groups is 1.